The number of azo groups is 1. The Morgan fingerprint density at radius 3 is 2.48 bits per heavy atom. The van der Waals surface area contributed by atoms with Gasteiger partial charge in [-0.15, -0.1) is 5.11 Å². The summed E-state index contributed by atoms with van der Waals surface area (Å²) in [7, 11) is -3.21. The van der Waals surface area contributed by atoms with Crippen LogP contribution in [0.1, 0.15) is 39.5 Å². The number of rotatable bonds is 1. The Hall–Kier alpha value is -1.54. The number of allylic oxidation sites excluding steroid dienone is 2. The maximum Gasteiger partial charge on any atom is 0.211 e. The van der Waals surface area contributed by atoms with Crippen molar-refractivity contribution in [3.8, 4) is 0 Å². The number of nitrogens with one attached hydrogen (secondary N) is 1. The minimum atomic E-state index is -3.21. The minimum Gasteiger partial charge on any atom is -0.342 e. The van der Waals surface area contributed by atoms with Crippen molar-refractivity contribution in [2.45, 2.75) is 39.5 Å². The predicted molar refractivity (Wildman–Crippen MR) is 93.0 cm³/mol. The zero-order valence-corrected chi connectivity index (χ0v) is 15.7. The van der Waals surface area contributed by atoms with E-state index in [1.807, 2.05) is 0 Å². The van der Waals surface area contributed by atoms with E-state index in [0.717, 1.165) is 29.1 Å². The summed E-state index contributed by atoms with van der Waals surface area (Å²) in [5.74, 6) is 0.960. The number of carbonyl (C=O) groups is 1. The summed E-state index contributed by atoms with van der Waals surface area (Å²) < 4.78 is 25.3. The van der Waals surface area contributed by atoms with Gasteiger partial charge in [0.1, 0.15) is 0 Å². The van der Waals surface area contributed by atoms with Crippen LogP contribution < -0.4 is 5.32 Å². The molecule has 1 fully saturated rings. The van der Waals surface area contributed by atoms with Crippen molar-refractivity contribution < 1.29 is 13.2 Å². The molecule has 25 heavy (non-hydrogen) atoms. The molecular weight excluding hydrogens is 340 g/mol. The zero-order valence-electron chi connectivity index (χ0n) is 14.9. The average Bonchev–Trinajstić information content (AvgIpc) is 2.94. The molecule has 1 spiro atoms. The number of hydrogen-bond acceptors (Lipinski definition) is 6. The van der Waals surface area contributed by atoms with Gasteiger partial charge in [-0.1, -0.05) is 13.8 Å². The van der Waals surface area contributed by atoms with E-state index < -0.39 is 15.4 Å². The van der Waals surface area contributed by atoms with Gasteiger partial charge in [0, 0.05) is 41.8 Å². The van der Waals surface area contributed by atoms with Crippen LogP contribution in [0.25, 0.3) is 0 Å². The SMILES string of the molecule is CC1(C)CC(=O)C2=C(C1)NC1=C(CN=N1)C21CCN(S(C)(=O)=O)CC1. The average molecular weight is 364 g/mol. The lowest BCUT2D eigenvalue weighted by molar-refractivity contribution is -0.119. The van der Waals surface area contributed by atoms with Crippen LogP contribution in [0.4, 0.5) is 0 Å². The van der Waals surface area contributed by atoms with Gasteiger partial charge in [-0.05, 0) is 24.7 Å². The minimum absolute atomic E-state index is 0.0780. The van der Waals surface area contributed by atoms with Crippen LogP contribution in [0, 0.1) is 10.8 Å². The Morgan fingerprint density at radius 1 is 1.16 bits per heavy atom. The van der Waals surface area contributed by atoms with E-state index in [1.165, 1.54) is 10.6 Å². The molecule has 0 saturated carbocycles. The third-order valence-corrected chi connectivity index (χ3v) is 7.23. The van der Waals surface area contributed by atoms with Crippen LogP contribution >= 0.6 is 0 Å². The molecule has 1 saturated heterocycles. The standard InChI is InChI=1S/C17H24N4O3S/c1-16(2)8-12-14(13(22)9-16)17(11-10-18-20-15(11)19-12)4-6-21(7-5-17)25(3,23)24/h19H,4-10H2,1-3H3. The number of ketones is 1. The molecule has 0 aromatic carbocycles. The number of piperidine rings is 1. The highest BCUT2D eigenvalue weighted by Gasteiger charge is 2.52. The summed E-state index contributed by atoms with van der Waals surface area (Å²) in [6, 6.07) is 0. The lowest BCUT2D eigenvalue weighted by atomic mass is 9.60. The van der Waals surface area contributed by atoms with Crippen molar-refractivity contribution in [3.05, 3.63) is 22.7 Å². The Balaban J connectivity index is 1.77. The smallest absolute Gasteiger partial charge is 0.211 e. The first-order valence-electron chi connectivity index (χ1n) is 8.73. The third-order valence-electron chi connectivity index (χ3n) is 5.93. The molecule has 4 aliphatic rings. The highest BCUT2D eigenvalue weighted by molar-refractivity contribution is 7.88. The zero-order chi connectivity index (χ0) is 18.0. The van der Waals surface area contributed by atoms with E-state index in [4.69, 9.17) is 0 Å². The number of fused-ring (bicyclic) bond motifs is 2. The fourth-order valence-corrected chi connectivity index (χ4v) is 5.66. The van der Waals surface area contributed by atoms with Gasteiger partial charge in [-0.2, -0.15) is 5.11 Å². The van der Waals surface area contributed by atoms with Gasteiger partial charge < -0.3 is 5.32 Å². The van der Waals surface area contributed by atoms with E-state index in [0.29, 0.717) is 38.9 Å². The Bertz CT molecular complexity index is 843. The molecule has 3 heterocycles. The normalized spacial score (nSPS) is 28.2. The van der Waals surface area contributed by atoms with Crippen molar-refractivity contribution in [2.24, 2.45) is 21.1 Å². The fourth-order valence-electron chi connectivity index (χ4n) is 4.82. The number of sulfonamides is 1. The summed E-state index contributed by atoms with van der Waals surface area (Å²) in [6.45, 7) is 5.57. The molecule has 0 atom stereocenters. The number of nitrogens with zero attached hydrogens (tertiary/aromatic N) is 3. The summed E-state index contributed by atoms with van der Waals surface area (Å²) in [4.78, 5) is 13.1. The quantitative estimate of drug-likeness (QED) is 0.770. The maximum absolute atomic E-state index is 13.1. The molecule has 1 N–H and O–H groups in total. The van der Waals surface area contributed by atoms with Crippen molar-refractivity contribution >= 4 is 15.8 Å². The van der Waals surface area contributed by atoms with Crippen molar-refractivity contribution in [1.29, 1.82) is 0 Å². The molecule has 3 aliphatic heterocycles. The van der Waals surface area contributed by atoms with Crippen LogP contribution in [0.5, 0.6) is 0 Å². The topological polar surface area (TPSA) is 91.2 Å². The molecule has 7 nitrogen and oxygen atoms in total. The van der Waals surface area contributed by atoms with Gasteiger partial charge >= 0.3 is 0 Å². The van der Waals surface area contributed by atoms with Crippen molar-refractivity contribution in [1.82, 2.24) is 9.62 Å². The molecule has 1 aliphatic carbocycles. The molecule has 0 radical (unpaired) electrons. The van der Waals surface area contributed by atoms with E-state index >= 15 is 0 Å². The van der Waals surface area contributed by atoms with Gasteiger partial charge in [-0.3, -0.25) is 4.79 Å². The maximum atomic E-state index is 13.1. The van der Waals surface area contributed by atoms with Crippen LogP contribution in [0.3, 0.4) is 0 Å². The van der Waals surface area contributed by atoms with Gasteiger partial charge in [0.2, 0.25) is 10.0 Å². The summed E-state index contributed by atoms with van der Waals surface area (Å²) in [6.07, 6.45) is 3.82. The number of dihydropyridines is 1. The number of Topliss-reactive ketones (excluding diaryl/α,β-unsaturated/α-hetero) is 1. The van der Waals surface area contributed by atoms with Crippen LogP contribution in [0.2, 0.25) is 0 Å². The Morgan fingerprint density at radius 2 is 1.84 bits per heavy atom. The molecule has 0 amide bonds. The van der Waals surface area contributed by atoms with Crippen molar-refractivity contribution in [3.63, 3.8) is 0 Å². The summed E-state index contributed by atoms with van der Waals surface area (Å²) in [5.41, 5.74) is 2.41. The molecule has 136 valence electrons. The molecule has 4 rings (SSSR count). The monoisotopic (exact) mass is 364 g/mol. The van der Waals surface area contributed by atoms with Crippen LogP contribution in [-0.2, 0) is 14.8 Å². The molecule has 0 aromatic heterocycles. The lowest BCUT2D eigenvalue weighted by Gasteiger charge is -2.48. The molecule has 0 aromatic rings. The first-order chi connectivity index (χ1) is 11.6. The van der Waals surface area contributed by atoms with Crippen LogP contribution in [-0.4, -0.2) is 44.4 Å². The second-order valence-electron chi connectivity index (χ2n) is 8.39. The summed E-state index contributed by atoms with van der Waals surface area (Å²) in [5, 5.41) is 11.8. The van der Waals surface area contributed by atoms with E-state index in [1.54, 1.807) is 0 Å². The molecule has 0 unspecified atom stereocenters. The summed E-state index contributed by atoms with van der Waals surface area (Å²) >= 11 is 0. The molecule has 8 heteroatoms. The van der Waals surface area contributed by atoms with Gasteiger partial charge in [0.25, 0.3) is 0 Å². The van der Waals surface area contributed by atoms with Gasteiger partial charge in [-0.25, -0.2) is 12.7 Å². The Kier molecular flexibility index (Phi) is 3.54. The number of carbonyl (C=O) groups excluding carboxylic acids is 1. The second-order valence-corrected chi connectivity index (χ2v) is 10.4. The largest absolute Gasteiger partial charge is 0.342 e. The lowest BCUT2D eigenvalue weighted by Crippen LogP contribution is -2.50. The van der Waals surface area contributed by atoms with Gasteiger partial charge in [0.15, 0.2) is 11.6 Å². The highest BCUT2D eigenvalue weighted by atomic mass is 32.2. The van der Waals surface area contributed by atoms with Gasteiger partial charge in [0.05, 0.1) is 12.8 Å². The highest BCUT2D eigenvalue weighted by Crippen LogP contribution is 2.55. The van der Waals surface area contributed by atoms with E-state index in [-0.39, 0.29) is 11.2 Å². The second kappa shape index (κ2) is 5.23. The molecule has 0 bridgehead atoms. The van der Waals surface area contributed by atoms with Crippen LogP contribution in [0.15, 0.2) is 32.9 Å². The van der Waals surface area contributed by atoms with E-state index in [2.05, 4.69) is 29.4 Å². The first kappa shape index (κ1) is 16.9. The first-order valence-corrected chi connectivity index (χ1v) is 10.6. The Labute approximate surface area is 148 Å². The predicted octanol–water partition coefficient (Wildman–Crippen LogP) is 1.95. The van der Waals surface area contributed by atoms with E-state index in [9.17, 15) is 13.2 Å². The fraction of sp³-hybridized carbons (Fsp3) is 0.706. The molecular formula is C17H24N4O3S. The number of hydrogen-bond donors (Lipinski definition) is 1. The van der Waals surface area contributed by atoms with Crippen molar-refractivity contribution in [2.75, 3.05) is 25.9 Å². The third kappa shape index (κ3) is 2.57.